The molecule has 0 radical (unpaired) electrons. The van der Waals surface area contributed by atoms with E-state index in [-0.39, 0.29) is 18.3 Å². The molecular weight excluding hydrogens is 587 g/mol. The molecule has 0 aliphatic rings. The Bertz CT molecular complexity index is 1720. The first-order chi connectivity index (χ1) is 20.9. The van der Waals surface area contributed by atoms with E-state index in [9.17, 15) is 9.18 Å². The van der Waals surface area contributed by atoms with Gasteiger partial charge in [-0.2, -0.15) is 5.10 Å². The van der Waals surface area contributed by atoms with Crippen molar-refractivity contribution in [3.05, 3.63) is 123 Å². The number of rotatable bonds is 11. The summed E-state index contributed by atoms with van der Waals surface area (Å²) in [5, 5.41) is 10.5. The number of thiazole rings is 1. The minimum Gasteiger partial charge on any atom is -0.490 e. The van der Waals surface area contributed by atoms with Crippen LogP contribution in [-0.2, 0) is 6.61 Å². The first-order valence-electron chi connectivity index (χ1n) is 13.4. The van der Waals surface area contributed by atoms with Crippen molar-refractivity contribution < 1.29 is 18.7 Å². The van der Waals surface area contributed by atoms with Crippen LogP contribution in [0.2, 0.25) is 5.02 Å². The van der Waals surface area contributed by atoms with Crippen LogP contribution in [0.1, 0.15) is 34.0 Å². The predicted molar refractivity (Wildman–Crippen MR) is 170 cm³/mol. The van der Waals surface area contributed by atoms with Gasteiger partial charge in [-0.1, -0.05) is 53.6 Å². The van der Waals surface area contributed by atoms with Crippen LogP contribution < -0.4 is 20.2 Å². The molecule has 0 atom stereocenters. The van der Waals surface area contributed by atoms with Crippen molar-refractivity contribution in [3.63, 3.8) is 0 Å². The number of hydrogen-bond donors (Lipinski definition) is 2. The first-order valence-corrected chi connectivity index (χ1v) is 14.7. The van der Waals surface area contributed by atoms with E-state index in [1.54, 1.807) is 36.4 Å². The van der Waals surface area contributed by atoms with E-state index in [4.69, 9.17) is 21.1 Å². The molecule has 0 saturated heterocycles. The van der Waals surface area contributed by atoms with Gasteiger partial charge in [0.2, 0.25) is 0 Å². The fraction of sp³-hybridized carbons (Fsp3) is 0.121. The van der Waals surface area contributed by atoms with Gasteiger partial charge in [0.1, 0.15) is 12.4 Å². The van der Waals surface area contributed by atoms with Gasteiger partial charge in [-0.3, -0.25) is 4.79 Å². The van der Waals surface area contributed by atoms with Crippen LogP contribution in [0.4, 0.5) is 15.2 Å². The lowest BCUT2D eigenvalue weighted by molar-refractivity contribution is 0.0955. The van der Waals surface area contributed by atoms with Crippen LogP contribution in [-0.4, -0.2) is 23.7 Å². The maximum absolute atomic E-state index is 13.2. The average Bonchev–Trinajstić information content (AvgIpc) is 3.47. The number of benzene rings is 4. The number of hydrazone groups is 1. The van der Waals surface area contributed by atoms with Crippen molar-refractivity contribution in [2.45, 2.75) is 20.5 Å². The average molecular weight is 615 g/mol. The SMILES string of the molecule is CCOc1cc(/C=N\NC(=O)c2ccc(-c3csc(Nc4ccc(C)cc4)n3)cc2)cc(Cl)c1OCc1ccc(F)cc1. The van der Waals surface area contributed by atoms with Crippen molar-refractivity contribution in [2.24, 2.45) is 5.10 Å². The molecular formula is C33H28ClFN4O3S. The molecule has 5 rings (SSSR count). The van der Waals surface area contributed by atoms with Gasteiger partial charge in [0.25, 0.3) is 5.91 Å². The highest BCUT2D eigenvalue weighted by Gasteiger charge is 2.13. The number of nitrogens with one attached hydrogen (secondary N) is 2. The Labute approximate surface area is 258 Å². The molecule has 0 unspecified atom stereocenters. The quantitative estimate of drug-likeness (QED) is 0.115. The number of ether oxygens (including phenoxy) is 2. The van der Waals surface area contributed by atoms with Crippen molar-refractivity contribution in [3.8, 4) is 22.8 Å². The molecule has 1 heterocycles. The zero-order valence-corrected chi connectivity index (χ0v) is 25.0. The van der Waals surface area contributed by atoms with Crippen LogP contribution in [0.15, 0.2) is 95.4 Å². The molecule has 0 fully saturated rings. The van der Waals surface area contributed by atoms with Gasteiger partial charge in [0, 0.05) is 22.2 Å². The number of halogens is 2. The van der Waals surface area contributed by atoms with Gasteiger partial charge in [-0.05, 0) is 73.5 Å². The predicted octanol–water partition coefficient (Wildman–Crippen LogP) is 8.40. The molecule has 43 heavy (non-hydrogen) atoms. The van der Waals surface area contributed by atoms with Gasteiger partial charge < -0.3 is 14.8 Å². The molecule has 1 amide bonds. The molecule has 1 aromatic heterocycles. The zero-order valence-electron chi connectivity index (χ0n) is 23.4. The Hall–Kier alpha value is -4.73. The van der Waals surface area contributed by atoms with Gasteiger partial charge in [0.15, 0.2) is 16.6 Å². The maximum atomic E-state index is 13.2. The normalized spacial score (nSPS) is 11.0. The number of aryl methyl sites for hydroxylation is 1. The smallest absolute Gasteiger partial charge is 0.271 e. The van der Waals surface area contributed by atoms with E-state index in [1.165, 1.54) is 35.2 Å². The van der Waals surface area contributed by atoms with E-state index < -0.39 is 0 Å². The Kier molecular flexibility index (Phi) is 9.66. The third-order valence-corrected chi connectivity index (χ3v) is 7.30. The summed E-state index contributed by atoms with van der Waals surface area (Å²) >= 11 is 8.00. The van der Waals surface area contributed by atoms with Crippen LogP contribution in [0, 0.1) is 12.7 Å². The highest BCUT2D eigenvalue weighted by Crippen LogP contribution is 2.37. The van der Waals surface area contributed by atoms with Crippen molar-refractivity contribution >= 4 is 45.9 Å². The third-order valence-electron chi connectivity index (χ3n) is 6.26. The summed E-state index contributed by atoms with van der Waals surface area (Å²) in [5.41, 5.74) is 8.26. The summed E-state index contributed by atoms with van der Waals surface area (Å²) in [6.45, 7) is 4.48. The van der Waals surface area contributed by atoms with Gasteiger partial charge in [-0.25, -0.2) is 14.8 Å². The van der Waals surface area contributed by atoms with Crippen molar-refractivity contribution in [1.82, 2.24) is 10.4 Å². The molecule has 10 heteroatoms. The monoisotopic (exact) mass is 614 g/mol. The van der Waals surface area contributed by atoms with Gasteiger partial charge in [0.05, 0.1) is 23.5 Å². The summed E-state index contributed by atoms with van der Waals surface area (Å²) in [4.78, 5) is 17.4. The molecule has 218 valence electrons. The van der Waals surface area contributed by atoms with Gasteiger partial charge >= 0.3 is 0 Å². The number of hydrogen-bond acceptors (Lipinski definition) is 7. The van der Waals surface area contributed by atoms with Crippen molar-refractivity contribution in [1.29, 1.82) is 0 Å². The maximum Gasteiger partial charge on any atom is 0.271 e. The minimum atomic E-state index is -0.363. The number of carbonyl (C=O) groups excluding carboxylic acids is 1. The fourth-order valence-electron chi connectivity index (χ4n) is 4.05. The van der Waals surface area contributed by atoms with Crippen molar-refractivity contribution in [2.75, 3.05) is 11.9 Å². The Morgan fingerprint density at radius 2 is 1.77 bits per heavy atom. The van der Waals surface area contributed by atoms with Gasteiger partial charge in [-0.15, -0.1) is 11.3 Å². The van der Waals surface area contributed by atoms with Crippen LogP contribution in [0.25, 0.3) is 11.3 Å². The second-order valence-electron chi connectivity index (χ2n) is 9.48. The molecule has 0 spiro atoms. The topological polar surface area (TPSA) is 84.8 Å². The Morgan fingerprint density at radius 3 is 2.49 bits per heavy atom. The molecule has 0 aliphatic heterocycles. The number of aromatic nitrogens is 1. The van der Waals surface area contributed by atoms with Crippen LogP contribution in [0.3, 0.4) is 0 Å². The molecule has 7 nitrogen and oxygen atoms in total. The molecule has 0 aliphatic carbocycles. The zero-order chi connectivity index (χ0) is 30.2. The second-order valence-corrected chi connectivity index (χ2v) is 10.7. The number of anilines is 2. The fourth-order valence-corrected chi connectivity index (χ4v) is 5.06. The lowest BCUT2D eigenvalue weighted by atomic mass is 10.1. The lowest BCUT2D eigenvalue weighted by Gasteiger charge is -2.14. The third kappa shape index (κ3) is 7.97. The summed E-state index contributed by atoms with van der Waals surface area (Å²) in [5.74, 6) is 0.117. The number of nitrogens with zero attached hydrogens (tertiary/aromatic N) is 2. The molecule has 4 aromatic carbocycles. The molecule has 2 N–H and O–H groups in total. The molecule has 5 aromatic rings. The Morgan fingerprint density at radius 1 is 1.02 bits per heavy atom. The van der Waals surface area contributed by atoms with E-state index in [0.29, 0.717) is 34.3 Å². The van der Waals surface area contributed by atoms with E-state index in [2.05, 4.69) is 20.8 Å². The van der Waals surface area contributed by atoms with Crippen LogP contribution in [0.5, 0.6) is 11.5 Å². The van der Waals surface area contributed by atoms with E-state index >= 15 is 0 Å². The molecule has 0 bridgehead atoms. The second kappa shape index (κ2) is 14.0. The largest absolute Gasteiger partial charge is 0.490 e. The summed E-state index contributed by atoms with van der Waals surface area (Å²) in [6.07, 6.45) is 1.47. The van der Waals surface area contributed by atoms with E-state index in [0.717, 1.165) is 27.6 Å². The number of amides is 1. The summed E-state index contributed by atoms with van der Waals surface area (Å²) in [6, 6.07) is 24.7. The first kappa shape index (κ1) is 29.8. The van der Waals surface area contributed by atoms with E-state index in [1.807, 2.05) is 55.6 Å². The summed E-state index contributed by atoms with van der Waals surface area (Å²) in [7, 11) is 0. The highest BCUT2D eigenvalue weighted by atomic mass is 35.5. The number of carbonyl (C=O) groups is 1. The minimum absolute atomic E-state index is 0.191. The Balaban J connectivity index is 1.19. The lowest BCUT2D eigenvalue weighted by Crippen LogP contribution is -2.17. The highest BCUT2D eigenvalue weighted by molar-refractivity contribution is 7.14. The van der Waals surface area contributed by atoms with Crippen LogP contribution >= 0.6 is 22.9 Å². The standard InChI is InChI=1S/C33H28ClFN4O3S/c1-3-41-30-17-23(16-28(34)31(30)42-19-22-6-12-26(35)13-7-22)18-36-39-32(40)25-10-8-24(9-11-25)29-20-43-33(38-29)37-27-14-4-21(2)5-15-27/h4-18,20H,3,19H2,1-2H3,(H,37,38)(H,39,40)/b36-18-. The molecule has 0 saturated carbocycles. The summed E-state index contributed by atoms with van der Waals surface area (Å²) < 4.78 is 24.8.